The Labute approximate surface area is 197 Å². The zero-order valence-electron chi connectivity index (χ0n) is 17.8. The van der Waals surface area contributed by atoms with Gasteiger partial charge in [0.05, 0.1) is 22.7 Å². The van der Waals surface area contributed by atoms with Crippen molar-refractivity contribution in [3.8, 4) is 0 Å². The summed E-state index contributed by atoms with van der Waals surface area (Å²) in [6.07, 6.45) is 5.21. The first-order valence-electron chi connectivity index (χ1n) is 10.6. The average Bonchev–Trinajstić information content (AvgIpc) is 2.79. The molecule has 0 radical (unpaired) electrons. The number of rotatable bonds is 7. The minimum absolute atomic E-state index is 0.0508. The van der Waals surface area contributed by atoms with Crippen LogP contribution in [0.3, 0.4) is 0 Å². The Morgan fingerprint density at radius 1 is 1.00 bits per heavy atom. The first kappa shape index (κ1) is 24.1. The second-order valence-corrected chi connectivity index (χ2v) is 8.69. The number of nitrogens with one attached hydrogen (secondary N) is 2. The van der Waals surface area contributed by atoms with Gasteiger partial charge in [-0.25, -0.2) is 4.79 Å². The molecule has 2 amide bonds. The molecule has 0 heterocycles. The molecule has 32 heavy (non-hydrogen) atoms. The maximum absolute atomic E-state index is 12.6. The number of ether oxygens (including phenoxy) is 1. The Balaban J connectivity index is 1.64. The molecule has 1 saturated carbocycles. The van der Waals surface area contributed by atoms with Gasteiger partial charge in [-0.3, -0.25) is 9.59 Å². The van der Waals surface area contributed by atoms with Crippen LogP contribution in [-0.2, 0) is 20.7 Å². The minimum Gasteiger partial charge on any atom is -0.467 e. The highest BCUT2D eigenvalue weighted by Crippen LogP contribution is 2.26. The number of hydrogen-bond donors (Lipinski definition) is 2. The Morgan fingerprint density at radius 2 is 1.62 bits per heavy atom. The third-order valence-corrected chi connectivity index (χ3v) is 6.25. The van der Waals surface area contributed by atoms with Gasteiger partial charge >= 0.3 is 5.97 Å². The van der Waals surface area contributed by atoms with Crippen LogP contribution in [0, 0.1) is 5.92 Å². The van der Waals surface area contributed by atoms with Crippen molar-refractivity contribution in [2.24, 2.45) is 5.92 Å². The predicted molar refractivity (Wildman–Crippen MR) is 125 cm³/mol. The van der Waals surface area contributed by atoms with Crippen LogP contribution in [-0.4, -0.2) is 30.9 Å². The largest absolute Gasteiger partial charge is 0.467 e. The summed E-state index contributed by atoms with van der Waals surface area (Å²) in [5, 5.41) is 6.14. The summed E-state index contributed by atoms with van der Waals surface area (Å²) in [6.45, 7) is 0. The van der Waals surface area contributed by atoms with Crippen LogP contribution >= 0.6 is 23.2 Å². The van der Waals surface area contributed by atoms with Gasteiger partial charge < -0.3 is 15.4 Å². The van der Waals surface area contributed by atoms with Crippen molar-refractivity contribution in [3.05, 3.63) is 63.6 Å². The van der Waals surface area contributed by atoms with Crippen molar-refractivity contribution >= 4 is 46.7 Å². The van der Waals surface area contributed by atoms with Crippen LogP contribution in [0.4, 0.5) is 5.69 Å². The molecule has 1 aliphatic carbocycles. The van der Waals surface area contributed by atoms with Gasteiger partial charge in [-0.2, -0.15) is 0 Å². The SMILES string of the molecule is COC(=O)C(Cc1ccc(NC(=O)c2c(Cl)cccc2Cl)cc1)NC(=O)C1CCCCC1. The zero-order chi connectivity index (χ0) is 23.1. The zero-order valence-corrected chi connectivity index (χ0v) is 19.3. The van der Waals surface area contributed by atoms with E-state index in [-0.39, 0.29) is 33.9 Å². The summed E-state index contributed by atoms with van der Waals surface area (Å²) in [5.74, 6) is -1.05. The minimum atomic E-state index is -0.767. The first-order valence-corrected chi connectivity index (χ1v) is 11.4. The van der Waals surface area contributed by atoms with Crippen molar-refractivity contribution in [3.63, 3.8) is 0 Å². The molecule has 0 bridgehead atoms. The lowest BCUT2D eigenvalue weighted by Gasteiger charge is -2.24. The van der Waals surface area contributed by atoms with Crippen LogP contribution < -0.4 is 10.6 Å². The number of carbonyl (C=O) groups excluding carboxylic acids is 3. The van der Waals surface area contributed by atoms with Gasteiger partial charge in [-0.15, -0.1) is 0 Å². The van der Waals surface area contributed by atoms with Crippen molar-refractivity contribution in [1.29, 1.82) is 0 Å². The highest BCUT2D eigenvalue weighted by molar-refractivity contribution is 6.40. The van der Waals surface area contributed by atoms with E-state index in [0.717, 1.165) is 37.7 Å². The molecule has 6 nitrogen and oxygen atoms in total. The summed E-state index contributed by atoms with van der Waals surface area (Å²) >= 11 is 12.2. The fourth-order valence-corrected chi connectivity index (χ4v) is 4.43. The topological polar surface area (TPSA) is 84.5 Å². The summed E-state index contributed by atoms with van der Waals surface area (Å²) in [4.78, 5) is 37.4. The molecule has 0 aromatic heterocycles. The van der Waals surface area contributed by atoms with Crippen molar-refractivity contribution in [2.75, 3.05) is 12.4 Å². The molecule has 1 unspecified atom stereocenters. The fourth-order valence-electron chi connectivity index (χ4n) is 3.86. The number of methoxy groups -OCH3 is 1. The molecule has 1 aliphatic rings. The Kier molecular flexibility index (Phi) is 8.53. The van der Waals surface area contributed by atoms with Crippen LogP contribution in [0.15, 0.2) is 42.5 Å². The number of carbonyl (C=O) groups is 3. The Hall–Kier alpha value is -2.57. The lowest BCUT2D eigenvalue weighted by Crippen LogP contribution is -2.45. The molecule has 8 heteroatoms. The Morgan fingerprint density at radius 3 is 2.22 bits per heavy atom. The van der Waals surface area contributed by atoms with Gasteiger partial charge in [0, 0.05) is 18.0 Å². The summed E-state index contributed by atoms with van der Waals surface area (Å²) in [7, 11) is 1.31. The van der Waals surface area contributed by atoms with Gasteiger partial charge in [-0.05, 0) is 42.7 Å². The second-order valence-electron chi connectivity index (χ2n) is 7.87. The van der Waals surface area contributed by atoms with E-state index >= 15 is 0 Å². The smallest absolute Gasteiger partial charge is 0.328 e. The van der Waals surface area contributed by atoms with Gasteiger partial charge in [0.2, 0.25) is 5.91 Å². The summed E-state index contributed by atoms with van der Waals surface area (Å²) < 4.78 is 4.88. The van der Waals surface area contributed by atoms with Crippen LogP contribution in [0.25, 0.3) is 0 Å². The predicted octanol–water partition coefficient (Wildman–Crippen LogP) is 5.03. The van der Waals surface area contributed by atoms with E-state index in [1.165, 1.54) is 7.11 Å². The van der Waals surface area contributed by atoms with E-state index in [9.17, 15) is 14.4 Å². The van der Waals surface area contributed by atoms with E-state index in [1.807, 2.05) is 0 Å². The van der Waals surface area contributed by atoms with E-state index in [2.05, 4.69) is 10.6 Å². The molecule has 170 valence electrons. The van der Waals surface area contributed by atoms with E-state index in [1.54, 1.807) is 42.5 Å². The van der Waals surface area contributed by atoms with Gasteiger partial charge in [0.15, 0.2) is 0 Å². The van der Waals surface area contributed by atoms with Gasteiger partial charge in [0.25, 0.3) is 5.91 Å². The number of amides is 2. The molecule has 1 atom stereocenters. The van der Waals surface area contributed by atoms with Crippen molar-refractivity contribution in [2.45, 2.75) is 44.6 Å². The van der Waals surface area contributed by atoms with Gasteiger partial charge in [0.1, 0.15) is 6.04 Å². The molecule has 3 rings (SSSR count). The standard InChI is InChI=1S/C24H26Cl2N2O4/c1-32-24(31)20(28-22(29)16-6-3-2-4-7-16)14-15-10-12-17(13-11-15)27-23(30)21-18(25)8-5-9-19(21)26/h5,8-13,16,20H,2-4,6-7,14H2,1H3,(H,27,30)(H,28,29). The number of hydrogen-bond acceptors (Lipinski definition) is 4. The number of benzene rings is 2. The second kappa shape index (κ2) is 11.3. The highest BCUT2D eigenvalue weighted by atomic mass is 35.5. The van der Waals surface area contributed by atoms with E-state index in [4.69, 9.17) is 27.9 Å². The Bertz CT molecular complexity index is 952. The molecule has 2 aromatic carbocycles. The quantitative estimate of drug-likeness (QED) is 0.548. The van der Waals surface area contributed by atoms with E-state index in [0.29, 0.717) is 5.69 Å². The normalized spacial score (nSPS) is 15.0. The molecule has 1 fully saturated rings. The lowest BCUT2D eigenvalue weighted by atomic mass is 9.88. The third-order valence-electron chi connectivity index (χ3n) is 5.62. The molecular weight excluding hydrogens is 451 g/mol. The maximum Gasteiger partial charge on any atom is 0.328 e. The van der Waals surface area contributed by atoms with Crippen molar-refractivity contribution < 1.29 is 19.1 Å². The average molecular weight is 477 g/mol. The molecule has 0 aliphatic heterocycles. The fraction of sp³-hybridized carbons (Fsp3) is 0.375. The number of anilines is 1. The summed E-state index contributed by atoms with van der Waals surface area (Å²) in [5.41, 5.74) is 1.57. The molecule has 2 aromatic rings. The van der Waals surface area contributed by atoms with Crippen molar-refractivity contribution in [1.82, 2.24) is 5.32 Å². The molecule has 0 saturated heterocycles. The maximum atomic E-state index is 12.6. The molecule has 0 spiro atoms. The van der Waals surface area contributed by atoms with Crippen LogP contribution in [0.1, 0.15) is 48.0 Å². The summed E-state index contributed by atoms with van der Waals surface area (Å²) in [6, 6.07) is 11.1. The van der Waals surface area contributed by atoms with Crippen LogP contribution in [0.2, 0.25) is 10.0 Å². The van der Waals surface area contributed by atoms with E-state index < -0.39 is 17.9 Å². The lowest BCUT2D eigenvalue weighted by molar-refractivity contribution is -0.145. The number of halogens is 2. The van der Waals surface area contributed by atoms with Gasteiger partial charge in [-0.1, -0.05) is 60.7 Å². The first-order chi connectivity index (χ1) is 15.4. The molecule has 2 N–H and O–H groups in total. The number of esters is 1. The highest BCUT2D eigenvalue weighted by Gasteiger charge is 2.27. The van der Waals surface area contributed by atoms with Crippen LogP contribution in [0.5, 0.6) is 0 Å². The third kappa shape index (κ3) is 6.24. The molecular formula is C24H26Cl2N2O4. The monoisotopic (exact) mass is 476 g/mol.